The van der Waals surface area contributed by atoms with Crippen molar-refractivity contribution in [3.63, 3.8) is 0 Å². The van der Waals surface area contributed by atoms with Crippen molar-refractivity contribution in [2.24, 2.45) is 0 Å². The molecule has 0 fully saturated rings. The predicted molar refractivity (Wildman–Crippen MR) is 67.6 cm³/mol. The minimum Gasteiger partial charge on any atom is -0.487 e. The third-order valence-electron chi connectivity index (χ3n) is 2.71. The van der Waals surface area contributed by atoms with Crippen molar-refractivity contribution in [2.45, 2.75) is 37.6 Å². The van der Waals surface area contributed by atoms with Gasteiger partial charge >= 0.3 is 0 Å². The quantitative estimate of drug-likeness (QED) is 0.614. The average molecular weight is 283 g/mol. The van der Waals surface area contributed by atoms with Crippen LogP contribution >= 0.6 is 15.9 Å². The third-order valence-corrected chi connectivity index (χ3v) is 3.12. The molecule has 0 saturated carbocycles. The first kappa shape index (κ1) is 11.6. The molecule has 1 aromatic rings. The number of ketones is 1. The van der Waals surface area contributed by atoms with Crippen molar-refractivity contribution < 1.29 is 9.53 Å². The van der Waals surface area contributed by atoms with Gasteiger partial charge < -0.3 is 4.74 Å². The standard InChI is InChI=1S/C13H15BrO2/c1-8(14)12(15)9-4-5-11-10(6-9)7-13(2,3)16-11/h4-6,8H,7H2,1-3H3. The fraction of sp³-hybridized carbons (Fsp3) is 0.462. The second-order valence-electron chi connectivity index (χ2n) is 4.84. The van der Waals surface area contributed by atoms with Gasteiger partial charge in [0, 0.05) is 12.0 Å². The smallest absolute Gasteiger partial charge is 0.176 e. The molecule has 0 aliphatic carbocycles. The SMILES string of the molecule is CC(Br)C(=O)c1ccc2c(c1)CC(C)(C)O2. The molecule has 0 saturated heterocycles. The summed E-state index contributed by atoms with van der Waals surface area (Å²) < 4.78 is 5.77. The molecule has 0 bridgehead atoms. The van der Waals surface area contributed by atoms with E-state index in [-0.39, 0.29) is 16.2 Å². The Kier molecular flexibility index (Phi) is 2.82. The van der Waals surface area contributed by atoms with Crippen LogP contribution in [0, 0.1) is 0 Å². The van der Waals surface area contributed by atoms with Gasteiger partial charge in [-0.25, -0.2) is 0 Å². The molecule has 1 unspecified atom stereocenters. The number of rotatable bonds is 2. The van der Waals surface area contributed by atoms with Crippen LogP contribution in [-0.2, 0) is 6.42 Å². The number of hydrogen-bond acceptors (Lipinski definition) is 2. The van der Waals surface area contributed by atoms with E-state index in [1.54, 1.807) is 0 Å². The van der Waals surface area contributed by atoms with Crippen LogP contribution in [0.2, 0.25) is 0 Å². The van der Waals surface area contributed by atoms with E-state index in [2.05, 4.69) is 29.8 Å². The lowest BCUT2D eigenvalue weighted by Gasteiger charge is -2.16. The molecule has 0 radical (unpaired) electrons. The van der Waals surface area contributed by atoms with Crippen LogP contribution in [0.25, 0.3) is 0 Å². The van der Waals surface area contributed by atoms with Crippen LogP contribution in [0.1, 0.15) is 36.7 Å². The number of fused-ring (bicyclic) bond motifs is 1. The van der Waals surface area contributed by atoms with E-state index in [1.807, 2.05) is 25.1 Å². The van der Waals surface area contributed by atoms with Crippen molar-refractivity contribution in [3.05, 3.63) is 29.3 Å². The fourth-order valence-electron chi connectivity index (χ4n) is 1.99. The lowest BCUT2D eigenvalue weighted by molar-refractivity contribution is 0.0996. The van der Waals surface area contributed by atoms with Crippen molar-refractivity contribution in [1.82, 2.24) is 0 Å². The highest BCUT2D eigenvalue weighted by Gasteiger charge is 2.30. The first-order valence-electron chi connectivity index (χ1n) is 5.39. The van der Waals surface area contributed by atoms with Crippen molar-refractivity contribution >= 4 is 21.7 Å². The maximum absolute atomic E-state index is 11.8. The summed E-state index contributed by atoms with van der Waals surface area (Å²) >= 11 is 3.30. The van der Waals surface area contributed by atoms with Gasteiger partial charge in [0.05, 0.1) is 4.83 Å². The molecule has 1 aromatic carbocycles. The average Bonchev–Trinajstić information content (AvgIpc) is 2.48. The molecule has 0 N–H and O–H groups in total. The van der Waals surface area contributed by atoms with E-state index in [1.165, 1.54) is 0 Å². The highest BCUT2D eigenvalue weighted by Crippen LogP contribution is 2.35. The Morgan fingerprint density at radius 2 is 2.19 bits per heavy atom. The van der Waals surface area contributed by atoms with E-state index < -0.39 is 0 Å². The van der Waals surface area contributed by atoms with E-state index in [0.717, 1.165) is 23.3 Å². The molecule has 1 heterocycles. The maximum Gasteiger partial charge on any atom is 0.176 e. The molecule has 0 amide bonds. The van der Waals surface area contributed by atoms with Gasteiger partial charge in [0.2, 0.25) is 0 Å². The lowest BCUT2D eigenvalue weighted by Crippen LogP contribution is -2.24. The highest BCUT2D eigenvalue weighted by molar-refractivity contribution is 9.10. The zero-order chi connectivity index (χ0) is 11.9. The van der Waals surface area contributed by atoms with Crippen LogP contribution in [-0.4, -0.2) is 16.2 Å². The van der Waals surface area contributed by atoms with Gasteiger partial charge in [-0.05, 0) is 44.5 Å². The normalized spacial score (nSPS) is 18.8. The van der Waals surface area contributed by atoms with Crippen molar-refractivity contribution in [1.29, 1.82) is 0 Å². The Labute approximate surface area is 104 Å². The fourth-order valence-corrected chi connectivity index (χ4v) is 2.26. The second kappa shape index (κ2) is 3.88. The monoisotopic (exact) mass is 282 g/mol. The number of Topliss-reactive ketones (excluding diaryl/α,β-unsaturated/α-hetero) is 1. The molecule has 1 aliphatic rings. The third kappa shape index (κ3) is 2.14. The van der Waals surface area contributed by atoms with Gasteiger partial charge in [-0.1, -0.05) is 15.9 Å². The van der Waals surface area contributed by atoms with Gasteiger partial charge in [0.1, 0.15) is 11.4 Å². The zero-order valence-electron chi connectivity index (χ0n) is 9.71. The molecule has 0 aromatic heterocycles. The molecule has 2 nitrogen and oxygen atoms in total. The summed E-state index contributed by atoms with van der Waals surface area (Å²) in [5.74, 6) is 1.02. The summed E-state index contributed by atoms with van der Waals surface area (Å²) in [5.41, 5.74) is 1.73. The van der Waals surface area contributed by atoms with Crippen LogP contribution in [0.5, 0.6) is 5.75 Å². The Morgan fingerprint density at radius 1 is 1.50 bits per heavy atom. The zero-order valence-corrected chi connectivity index (χ0v) is 11.3. The largest absolute Gasteiger partial charge is 0.487 e. The summed E-state index contributed by atoms with van der Waals surface area (Å²) in [7, 11) is 0. The van der Waals surface area contributed by atoms with Crippen molar-refractivity contribution in [2.75, 3.05) is 0 Å². The second-order valence-corrected chi connectivity index (χ2v) is 6.21. The van der Waals surface area contributed by atoms with Crippen LogP contribution < -0.4 is 4.74 Å². The maximum atomic E-state index is 11.8. The molecule has 1 atom stereocenters. The lowest BCUT2D eigenvalue weighted by atomic mass is 9.98. The number of carbonyl (C=O) groups is 1. The van der Waals surface area contributed by atoms with E-state index >= 15 is 0 Å². The predicted octanol–water partition coefficient (Wildman–Crippen LogP) is 3.37. The number of ether oxygens (including phenoxy) is 1. The molecule has 3 heteroatoms. The summed E-state index contributed by atoms with van der Waals surface area (Å²) in [5, 5.41) is 0. The summed E-state index contributed by atoms with van der Waals surface area (Å²) in [6.45, 7) is 5.96. The molecule has 2 rings (SSSR count). The molecular formula is C13H15BrO2. The summed E-state index contributed by atoms with van der Waals surface area (Å²) in [4.78, 5) is 11.7. The van der Waals surface area contributed by atoms with Crippen molar-refractivity contribution in [3.8, 4) is 5.75 Å². The first-order valence-corrected chi connectivity index (χ1v) is 6.31. The van der Waals surface area contributed by atoms with Crippen LogP contribution in [0.3, 0.4) is 0 Å². The Hall–Kier alpha value is -0.830. The van der Waals surface area contributed by atoms with E-state index in [0.29, 0.717) is 0 Å². The molecule has 16 heavy (non-hydrogen) atoms. The molecule has 86 valence electrons. The van der Waals surface area contributed by atoms with E-state index in [4.69, 9.17) is 4.74 Å². The number of hydrogen-bond donors (Lipinski definition) is 0. The van der Waals surface area contributed by atoms with Gasteiger partial charge in [0.15, 0.2) is 5.78 Å². The van der Waals surface area contributed by atoms with Gasteiger partial charge in [-0.2, -0.15) is 0 Å². The number of benzene rings is 1. The topological polar surface area (TPSA) is 26.3 Å². The Balaban J connectivity index is 2.33. The minimum absolute atomic E-state index is 0.118. The summed E-state index contributed by atoms with van der Waals surface area (Å²) in [6.07, 6.45) is 0.861. The molecular weight excluding hydrogens is 268 g/mol. The van der Waals surface area contributed by atoms with Crippen LogP contribution in [0.4, 0.5) is 0 Å². The number of halogens is 1. The first-order chi connectivity index (χ1) is 7.39. The highest BCUT2D eigenvalue weighted by atomic mass is 79.9. The molecule has 0 spiro atoms. The van der Waals surface area contributed by atoms with Gasteiger partial charge in [-0.15, -0.1) is 0 Å². The Morgan fingerprint density at radius 3 is 2.81 bits per heavy atom. The number of carbonyl (C=O) groups excluding carboxylic acids is 1. The van der Waals surface area contributed by atoms with Crippen LogP contribution in [0.15, 0.2) is 18.2 Å². The Bertz CT molecular complexity index is 436. The summed E-state index contributed by atoms with van der Waals surface area (Å²) in [6, 6.07) is 5.68. The van der Waals surface area contributed by atoms with Gasteiger partial charge in [-0.3, -0.25) is 4.79 Å². The van der Waals surface area contributed by atoms with Gasteiger partial charge in [0.25, 0.3) is 0 Å². The molecule has 1 aliphatic heterocycles. The van der Waals surface area contributed by atoms with E-state index in [9.17, 15) is 4.79 Å². The minimum atomic E-state index is -0.149. The number of alkyl halides is 1.